The standard InChI is InChI=1S/2C4H11O3P.Zn/c2*1-3-4-8(5,6)7-2;/h2*3-4H2,1-2H3,(H,5,6);/q;;+2/p-2. The Balaban J connectivity index is -0.000000218. The first-order valence-corrected chi connectivity index (χ1v) is 8.41. The average molecular weight is 340 g/mol. The van der Waals surface area contributed by atoms with Gasteiger partial charge < -0.3 is 28.0 Å². The van der Waals surface area contributed by atoms with Crippen molar-refractivity contribution >= 4 is 15.2 Å². The molecule has 17 heavy (non-hydrogen) atoms. The molecule has 0 fully saturated rings. The molecule has 0 rings (SSSR count). The second kappa shape index (κ2) is 12.0. The summed E-state index contributed by atoms with van der Waals surface area (Å²) in [6, 6.07) is 0. The van der Waals surface area contributed by atoms with Gasteiger partial charge >= 0.3 is 19.5 Å². The van der Waals surface area contributed by atoms with Crippen LogP contribution in [0.4, 0.5) is 0 Å². The zero-order chi connectivity index (χ0) is 13.2. The summed E-state index contributed by atoms with van der Waals surface area (Å²) in [5.41, 5.74) is 0. The molecule has 2 atom stereocenters. The van der Waals surface area contributed by atoms with Crippen LogP contribution in [0, 0.1) is 0 Å². The van der Waals surface area contributed by atoms with E-state index in [1.807, 2.05) is 0 Å². The number of hydrogen-bond donors (Lipinski definition) is 0. The normalized spacial score (nSPS) is 16.8. The minimum Gasteiger partial charge on any atom is -0.779 e. The predicted molar refractivity (Wildman–Crippen MR) is 59.5 cm³/mol. The van der Waals surface area contributed by atoms with Crippen LogP contribution in [0.25, 0.3) is 0 Å². The quantitative estimate of drug-likeness (QED) is 0.532. The summed E-state index contributed by atoms with van der Waals surface area (Å²) in [7, 11) is -4.48. The van der Waals surface area contributed by atoms with Crippen LogP contribution in [-0.4, -0.2) is 26.5 Å². The maximum atomic E-state index is 10.4. The van der Waals surface area contributed by atoms with Gasteiger partial charge in [-0.15, -0.1) is 0 Å². The molecule has 0 aromatic rings. The van der Waals surface area contributed by atoms with Crippen LogP contribution in [0.2, 0.25) is 0 Å². The van der Waals surface area contributed by atoms with Crippen molar-refractivity contribution in [1.29, 1.82) is 0 Å². The molecule has 0 amide bonds. The topological polar surface area (TPSA) is 98.7 Å². The van der Waals surface area contributed by atoms with Gasteiger partial charge in [0, 0.05) is 26.5 Å². The first kappa shape index (κ1) is 23.0. The van der Waals surface area contributed by atoms with Gasteiger partial charge in [-0.3, -0.25) is 0 Å². The number of rotatable bonds is 6. The van der Waals surface area contributed by atoms with Gasteiger partial charge in [0.15, 0.2) is 0 Å². The predicted octanol–water partition coefficient (Wildman–Crippen LogP) is 1.19. The van der Waals surface area contributed by atoms with Crippen molar-refractivity contribution in [2.45, 2.75) is 26.7 Å². The Labute approximate surface area is 116 Å². The Bertz CT molecular complexity index is 234. The molecule has 0 heterocycles. The molecule has 0 N–H and O–H groups in total. The summed E-state index contributed by atoms with van der Waals surface area (Å²) in [5.74, 6) is 0. The van der Waals surface area contributed by atoms with Crippen LogP contribution in [0.15, 0.2) is 0 Å². The molecule has 0 radical (unpaired) electrons. The van der Waals surface area contributed by atoms with E-state index in [0.29, 0.717) is 12.8 Å². The van der Waals surface area contributed by atoms with Crippen LogP contribution in [0.5, 0.6) is 0 Å². The molecule has 0 saturated carbocycles. The Kier molecular flexibility index (Phi) is 16.2. The van der Waals surface area contributed by atoms with Crippen molar-refractivity contribution in [2.75, 3.05) is 26.5 Å². The van der Waals surface area contributed by atoms with Gasteiger partial charge in [0.2, 0.25) is 0 Å². The van der Waals surface area contributed by atoms with Crippen molar-refractivity contribution in [3.05, 3.63) is 0 Å². The summed E-state index contributed by atoms with van der Waals surface area (Å²) in [6.07, 6.45) is 1.52. The summed E-state index contributed by atoms with van der Waals surface area (Å²) < 4.78 is 29.2. The Morgan fingerprint density at radius 3 is 1.18 bits per heavy atom. The van der Waals surface area contributed by atoms with Crippen LogP contribution in [0.1, 0.15) is 26.7 Å². The third-order valence-electron chi connectivity index (χ3n) is 1.55. The number of hydrogen-bond acceptors (Lipinski definition) is 6. The van der Waals surface area contributed by atoms with E-state index < -0.39 is 15.2 Å². The van der Waals surface area contributed by atoms with Crippen LogP contribution < -0.4 is 9.79 Å². The van der Waals surface area contributed by atoms with E-state index in [2.05, 4.69) is 9.05 Å². The minimum absolute atomic E-state index is 0. The van der Waals surface area contributed by atoms with Gasteiger partial charge in [0.05, 0.1) is 0 Å². The van der Waals surface area contributed by atoms with E-state index in [-0.39, 0.29) is 31.8 Å². The molecule has 0 aromatic carbocycles. The minimum atomic E-state index is -3.42. The van der Waals surface area contributed by atoms with E-state index in [0.717, 1.165) is 0 Å². The van der Waals surface area contributed by atoms with Gasteiger partial charge in [-0.25, -0.2) is 0 Å². The zero-order valence-electron chi connectivity index (χ0n) is 10.9. The molecule has 0 bridgehead atoms. The average Bonchev–Trinajstić information content (AvgIpc) is 2.19. The van der Waals surface area contributed by atoms with Crippen molar-refractivity contribution < 1.29 is 47.4 Å². The molecule has 100 valence electrons. The molecule has 0 aliphatic heterocycles. The Morgan fingerprint density at radius 2 is 1.12 bits per heavy atom. The summed E-state index contributed by atoms with van der Waals surface area (Å²) in [6.45, 7) is 3.59. The molecule has 2 unspecified atom stereocenters. The van der Waals surface area contributed by atoms with Crippen LogP contribution in [0.3, 0.4) is 0 Å². The fourth-order valence-corrected chi connectivity index (χ4v) is 2.19. The summed E-state index contributed by atoms with van der Waals surface area (Å²) >= 11 is 0. The maximum Gasteiger partial charge on any atom is 2.00 e. The van der Waals surface area contributed by atoms with Gasteiger partial charge in [-0.2, -0.15) is 0 Å². The second-order valence-corrected chi connectivity index (χ2v) is 7.10. The molecular formula is C8H20O6P2Zn. The van der Waals surface area contributed by atoms with Crippen LogP contribution >= 0.6 is 15.2 Å². The first-order chi connectivity index (χ1) is 7.24. The molecule has 6 nitrogen and oxygen atoms in total. The fraction of sp³-hybridized carbons (Fsp3) is 1.00. The monoisotopic (exact) mass is 338 g/mol. The summed E-state index contributed by atoms with van der Waals surface area (Å²) in [5, 5.41) is 0. The Morgan fingerprint density at radius 1 is 0.882 bits per heavy atom. The molecule has 0 aromatic heterocycles. The third kappa shape index (κ3) is 16.9. The molecular weight excluding hydrogens is 319 g/mol. The smallest absolute Gasteiger partial charge is 0.779 e. The van der Waals surface area contributed by atoms with E-state index in [9.17, 15) is 18.9 Å². The van der Waals surface area contributed by atoms with E-state index in [1.54, 1.807) is 13.8 Å². The molecule has 0 aliphatic rings. The van der Waals surface area contributed by atoms with E-state index in [4.69, 9.17) is 0 Å². The molecule has 0 spiro atoms. The third-order valence-corrected chi connectivity index (χ3v) is 4.65. The van der Waals surface area contributed by atoms with Gasteiger partial charge in [0.25, 0.3) is 0 Å². The summed E-state index contributed by atoms with van der Waals surface area (Å²) in [4.78, 5) is 20.8. The van der Waals surface area contributed by atoms with Gasteiger partial charge in [-0.1, -0.05) is 13.8 Å². The van der Waals surface area contributed by atoms with Crippen molar-refractivity contribution in [3.8, 4) is 0 Å². The van der Waals surface area contributed by atoms with Crippen molar-refractivity contribution in [3.63, 3.8) is 0 Å². The SMILES string of the molecule is CCCP(=O)([O-])OC.CCCP(=O)([O-])OC.[Zn+2]. The first-order valence-electron chi connectivity index (χ1n) is 4.96. The Hall–Kier alpha value is 0.923. The van der Waals surface area contributed by atoms with E-state index >= 15 is 0 Å². The molecule has 0 aliphatic carbocycles. The maximum absolute atomic E-state index is 10.4. The molecule has 0 saturated heterocycles. The fourth-order valence-electron chi connectivity index (χ4n) is 0.730. The van der Waals surface area contributed by atoms with Gasteiger partial charge in [-0.05, 0) is 12.8 Å². The van der Waals surface area contributed by atoms with Gasteiger partial charge in [0.1, 0.15) is 15.2 Å². The van der Waals surface area contributed by atoms with E-state index in [1.165, 1.54) is 14.2 Å². The van der Waals surface area contributed by atoms with Crippen molar-refractivity contribution in [1.82, 2.24) is 0 Å². The van der Waals surface area contributed by atoms with Crippen molar-refractivity contribution in [2.24, 2.45) is 0 Å². The molecule has 9 heteroatoms. The zero-order valence-corrected chi connectivity index (χ0v) is 15.6. The van der Waals surface area contributed by atoms with Crippen LogP contribution in [-0.2, 0) is 37.7 Å². The second-order valence-electron chi connectivity index (χ2n) is 3.03. The largest absolute Gasteiger partial charge is 2.00 e.